The second kappa shape index (κ2) is 9.68. The summed E-state index contributed by atoms with van der Waals surface area (Å²) in [6, 6.07) is 13.8. The third-order valence-electron chi connectivity index (χ3n) is 3.54. The molecule has 2 aromatic carbocycles. The number of para-hydroxylation sites is 1. The molecule has 2 amide bonds. The van der Waals surface area contributed by atoms with E-state index in [0.29, 0.717) is 35.1 Å². The van der Waals surface area contributed by atoms with Crippen molar-refractivity contribution in [1.82, 2.24) is 10.6 Å². The molecule has 2 aromatic rings. The summed E-state index contributed by atoms with van der Waals surface area (Å²) in [6.07, 6.45) is 0. The number of hydrogen-bond acceptors (Lipinski definition) is 4. The first kappa shape index (κ1) is 20.4. The minimum absolute atomic E-state index is 0.132. The second-order valence-electron chi connectivity index (χ2n) is 6.27. The van der Waals surface area contributed by atoms with Crippen molar-refractivity contribution in [2.45, 2.75) is 13.8 Å². The lowest BCUT2D eigenvalue weighted by Gasteiger charge is -2.14. The lowest BCUT2D eigenvalue weighted by molar-refractivity contribution is 0.0958. The summed E-state index contributed by atoms with van der Waals surface area (Å²) in [4.78, 5) is 24.3. The van der Waals surface area contributed by atoms with Gasteiger partial charge in [0, 0.05) is 18.3 Å². The van der Waals surface area contributed by atoms with Gasteiger partial charge < -0.3 is 15.4 Å². The molecule has 0 aliphatic heterocycles. The van der Waals surface area contributed by atoms with Crippen LogP contribution in [0.1, 0.15) is 34.6 Å². The molecule has 0 fully saturated rings. The fourth-order valence-electron chi connectivity index (χ4n) is 2.25. The molecule has 2 rings (SSSR count). The molecule has 0 saturated carbocycles. The second-order valence-corrected chi connectivity index (χ2v) is 6.68. The highest BCUT2D eigenvalue weighted by Gasteiger charge is 2.14. The maximum Gasteiger partial charge on any atom is 0.261 e. The summed E-state index contributed by atoms with van der Waals surface area (Å²) in [6.45, 7) is 4.59. The van der Waals surface area contributed by atoms with Gasteiger partial charge in [-0.05, 0) is 48.5 Å². The zero-order valence-corrected chi connectivity index (χ0v) is 16.4. The molecule has 0 aliphatic carbocycles. The van der Waals surface area contributed by atoms with Gasteiger partial charge in [-0.15, -0.1) is 0 Å². The van der Waals surface area contributed by atoms with E-state index in [0.717, 1.165) is 0 Å². The Morgan fingerprint density at radius 2 is 1.81 bits per heavy atom. The fraction of sp³-hybridized carbons (Fsp3) is 0.250. The van der Waals surface area contributed by atoms with Crippen molar-refractivity contribution in [1.29, 1.82) is 0 Å². The zero-order valence-electron chi connectivity index (χ0n) is 15.5. The molecule has 0 aromatic heterocycles. The molecule has 0 spiro atoms. The quantitative estimate of drug-likeness (QED) is 0.666. The molecule has 0 radical (unpaired) electrons. The molecule has 0 atom stereocenters. The van der Waals surface area contributed by atoms with Gasteiger partial charge in [-0.2, -0.15) is 0 Å². The van der Waals surface area contributed by atoms with Crippen molar-refractivity contribution in [2.75, 3.05) is 19.0 Å². The van der Waals surface area contributed by atoms with Crippen LogP contribution in [-0.2, 0) is 0 Å². The third kappa shape index (κ3) is 6.07. The summed E-state index contributed by atoms with van der Waals surface area (Å²) >= 11 is 5.21. The number of nitrogens with one attached hydrogen (secondary N) is 3. The lowest BCUT2D eigenvalue weighted by atomic mass is 10.2. The Bertz CT molecular complexity index is 837. The highest BCUT2D eigenvalue weighted by molar-refractivity contribution is 7.80. The Balaban J connectivity index is 2.04. The van der Waals surface area contributed by atoms with Crippen LogP contribution in [0.4, 0.5) is 5.69 Å². The van der Waals surface area contributed by atoms with Crippen LogP contribution < -0.4 is 20.7 Å². The molecule has 27 heavy (non-hydrogen) atoms. The molecule has 0 aliphatic rings. The number of benzene rings is 2. The van der Waals surface area contributed by atoms with E-state index in [1.54, 1.807) is 49.5 Å². The van der Waals surface area contributed by atoms with Crippen LogP contribution in [0.15, 0.2) is 48.5 Å². The van der Waals surface area contributed by atoms with Crippen LogP contribution in [0.25, 0.3) is 0 Å². The van der Waals surface area contributed by atoms with Crippen LogP contribution in [0.2, 0.25) is 0 Å². The maximum absolute atomic E-state index is 12.5. The van der Waals surface area contributed by atoms with Crippen LogP contribution in [0, 0.1) is 5.92 Å². The van der Waals surface area contributed by atoms with Crippen LogP contribution in [-0.4, -0.2) is 30.6 Å². The van der Waals surface area contributed by atoms with E-state index in [2.05, 4.69) is 16.0 Å². The maximum atomic E-state index is 12.5. The molecule has 7 heteroatoms. The van der Waals surface area contributed by atoms with Crippen molar-refractivity contribution < 1.29 is 14.3 Å². The number of anilines is 1. The van der Waals surface area contributed by atoms with E-state index in [9.17, 15) is 9.59 Å². The summed E-state index contributed by atoms with van der Waals surface area (Å²) in [5.74, 6) is 0.281. The van der Waals surface area contributed by atoms with Crippen molar-refractivity contribution >= 4 is 34.8 Å². The van der Waals surface area contributed by atoms with Gasteiger partial charge in [-0.25, -0.2) is 0 Å². The van der Waals surface area contributed by atoms with Crippen molar-refractivity contribution in [3.63, 3.8) is 0 Å². The number of carbonyl (C=O) groups excluding carboxylic acids is 2. The predicted octanol–water partition coefficient (Wildman–Crippen LogP) is 3.21. The summed E-state index contributed by atoms with van der Waals surface area (Å²) in [7, 11) is 1.56. The average molecular weight is 385 g/mol. The molecule has 0 bridgehead atoms. The number of amides is 2. The minimum Gasteiger partial charge on any atom is -0.492 e. The van der Waals surface area contributed by atoms with Gasteiger partial charge in [-0.3, -0.25) is 14.9 Å². The average Bonchev–Trinajstić information content (AvgIpc) is 2.65. The Labute approximate surface area is 164 Å². The number of hydrogen-bond donors (Lipinski definition) is 3. The Hall–Kier alpha value is -2.93. The van der Waals surface area contributed by atoms with E-state index in [4.69, 9.17) is 17.0 Å². The molecular formula is C20H23N3O3S. The van der Waals surface area contributed by atoms with Crippen molar-refractivity contribution in [3.8, 4) is 5.75 Å². The smallest absolute Gasteiger partial charge is 0.261 e. The third-order valence-corrected chi connectivity index (χ3v) is 3.74. The predicted molar refractivity (Wildman–Crippen MR) is 110 cm³/mol. The summed E-state index contributed by atoms with van der Waals surface area (Å²) in [5, 5.41) is 8.24. The van der Waals surface area contributed by atoms with E-state index in [-0.39, 0.29) is 16.9 Å². The van der Waals surface area contributed by atoms with Crippen LogP contribution in [0.3, 0.4) is 0 Å². The van der Waals surface area contributed by atoms with Gasteiger partial charge in [0.15, 0.2) is 5.11 Å². The Morgan fingerprint density at radius 3 is 2.52 bits per heavy atom. The van der Waals surface area contributed by atoms with E-state index < -0.39 is 0 Å². The monoisotopic (exact) mass is 385 g/mol. The number of thiocarbonyl (C=S) groups is 1. The van der Waals surface area contributed by atoms with Crippen molar-refractivity contribution in [3.05, 3.63) is 59.7 Å². The van der Waals surface area contributed by atoms with Gasteiger partial charge in [0.2, 0.25) is 0 Å². The van der Waals surface area contributed by atoms with Gasteiger partial charge in [-0.1, -0.05) is 32.0 Å². The van der Waals surface area contributed by atoms with Gasteiger partial charge in [0.25, 0.3) is 11.8 Å². The zero-order chi connectivity index (χ0) is 19.8. The summed E-state index contributed by atoms with van der Waals surface area (Å²) < 4.78 is 5.71. The molecular weight excluding hydrogens is 362 g/mol. The largest absolute Gasteiger partial charge is 0.492 e. The fourth-order valence-corrected chi connectivity index (χ4v) is 2.46. The molecule has 0 unspecified atom stereocenters. The van der Waals surface area contributed by atoms with E-state index >= 15 is 0 Å². The number of rotatable bonds is 6. The number of carbonyl (C=O) groups is 2. The van der Waals surface area contributed by atoms with E-state index in [1.807, 2.05) is 19.9 Å². The molecule has 142 valence electrons. The molecule has 6 nitrogen and oxygen atoms in total. The topological polar surface area (TPSA) is 79.5 Å². The minimum atomic E-state index is -0.366. The van der Waals surface area contributed by atoms with Crippen LogP contribution in [0.5, 0.6) is 5.75 Å². The molecule has 0 saturated heterocycles. The SMILES string of the molecule is CNC(=O)c1cccc(NC(=S)NC(=O)c2ccccc2OCC(C)C)c1. The Kier molecular flexibility index (Phi) is 7.31. The normalized spacial score (nSPS) is 10.2. The van der Waals surface area contributed by atoms with E-state index in [1.165, 1.54) is 0 Å². The number of ether oxygens (including phenoxy) is 1. The Morgan fingerprint density at radius 1 is 1.07 bits per heavy atom. The highest BCUT2D eigenvalue weighted by Crippen LogP contribution is 2.19. The van der Waals surface area contributed by atoms with Gasteiger partial charge >= 0.3 is 0 Å². The first-order chi connectivity index (χ1) is 12.9. The van der Waals surface area contributed by atoms with Crippen molar-refractivity contribution in [2.24, 2.45) is 5.92 Å². The standard InChI is InChI=1S/C20H23N3O3S/c1-13(2)12-26-17-10-5-4-9-16(17)19(25)23-20(27)22-15-8-6-7-14(11-15)18(24)21-3/h4-11,13H,12H2,1-3H3,(H,21,24)(H2,22,23,25,27). The van der Waals surface area contributed by atoms with Crippen LogP contribution >= 0.6 is 12.2 Å². The van der Waals surface area contributed by atoms with Gasteiger partial charge in [0.1, 0.15) is 5.75 Å². The molecule has 0 heterocycles. The molecule has 3 N–H and O–H groups in total. The summed E-state index contributed by atoms with van der Waals surface area (Å²) in [5.41, 5.74) is 1.50. The first-order valence-corrected chi connectivity index (χ1v) is 8.98. The highest BCUT2D eigenvalue weighted by atomic mass is 32.1. The first-order valence-electron chi connectivity index (χ1n) is 8.57. The lowest BCUT2D eigenvalue weighted by Crippen LogP contribution is -2.34. The van der Waals surface area contributed by atoms with Gasteiger partial charge in [0.05, 0.1) is 12.2 Å².